The van der Waals surface area contributed by atoms with Crippen LogP contribution in [-0.2, 0) is 0 Å². The number of nitrogens with zero attached hydrogens (tertiary/aromatic N) is 5. The molecule has 2 amide bonds. The van der Waals surface area contributed by atoms with Crippen LogP contribution < -0.4 is 15.1 Å². The summed E-state index contributed by atoms with van der Waals surface area (Å²) in [5.74, 6) is 0.180. The molecule has 1 aromatic carbocycles. The Labute approximate surface area is 162 Å². The first kappa shape index (κ1) is 18.4. The van der Waals surface area contributed by atoms with Crippen LogP contribution in [0.4, 0.5) is 30.9 Å². The molecule has 0 bridgehead atoms. The van der Waals surface area contributed by atoms with Crippen molar-refractivity contribution in [1.29, 1.82) is 0 Å². The maximum absolute atomic E-state index is 13.7. The van der Waals surface area contributed by atoms with E-state index < -0.39 is 23.4 Å². The van der Waals surface area contributed by atoms with Crippen LogP contribution in [0.3, 0.4) is 0 Å². The van der Waals surface area contributed by atoms with Gasteiger partial charge in [0.05, 0.1) is 0 Å². The molecule has 2 saturated heterocycles. The van der Waals surface area contributed by atoms with Crippen LogP contribution in [0.5, 0.6) is 0 Å². The minimum Gasteiger partial charge on any atom is -0.356 e. The van der Waals surface area contributed by atoms with E-state index in [1.54, 1.807) is 11.2 Å². The van der Waals surface area contributed by atoms with Gasteiger partial charge in [0.1, 0.15) is 35.3 Å². The van der Waals surface area contributed by atoms with E-state index in [1.165, 1.54) is 18.9 Å². The van der Waals surface area contributed by atoms with E-state index in [9.17, 15) is 13.6 Å². The van der Waals surface area contributed by atoms with Crippen molar-refractivity contribution in [1.82, 2.24) is 14.9 Å². The Morgan fingerprint density at radius 1 is 0.893 bits per heavy atom. The highest BCUT2D eigenvalue weighted by molar-refractivity contribution is 5.89. The van der Waals surface area contributed by atoms with Crippen LogP contribution in [0.1, 0.15) is 12.8 Å². The molecule has 1 aromatic heterocycles. The number of anilines is 3. The molecule has 3 heterocycles. The second-order valence-corrected chi connectivity index (χ2v) is 6.93. The standard InChI is InChI=1S/C19H22F2N6O/c20-14-4-3-5-15(21)18(14)24-19(28)27-10-8-26(9-11-27)17-12-16(22-13-23-17)25-6-1-2-7-25/h3-5,12-13H,1-2,6-11H2,(H,24,28). The Morgan fingerprint density at radius 2 is 1.46 bits per heavy atom. The van der Waals surface area contributed by atoms with E-state index in [1.807, 2.05) is 6.07 Å². The third kappa shape index (κ3) is 3.83. The summed E-state index contributed by atoms with van der Waals surface area (Å²) < 4.78 is 27.5. The Kier molecular flexibility index (Phi) is 5.23. The van der Waals surface area contributed by atoms with Gasteiger partial charge in [-0.1, -0.05) is 6.07 Å². The Morgan fingerprint density at radius 3 is 2.07 bits per heavy atom. The lowest BCUT2D eigenvalue weighted by molar-refractivity contribution is 0.208. The molecule has 4 rings (SSSR count). The maximum atomic E-state index is 13.7. The van der Waals surface area contributed by atoms with E-state index in [4.69, 9.17) is 0 Å². The molecule has 7 nitrogen and oxygen atoms in total. The van der Waals surface area contributed by atoms with Gasteiger partial charge >= 0.3 is 6.03 Å². The van der Waals surface area contributed by atoms with Crippen LogP contribution in [0.2, 0.25) is 0 Å². The molecule has 0 radical (unpaired) electrons. The van der Waals surface area contributed by atoms with E-state index in [-0.39, 0.29) is 0 Å². The Hall–Kier alpha value is -2.97. The number of nitrogens with one attached hydrogen (secondary N) is 1. The number of hydrogen-bond acceptors (Lipinski definition) is 5. The quantitative estimate of drug-likeness (QED) is 0.876. The van der Waals surface area contributed by atoms with Crippen molar-refractivity contribution < 1.29 is 13.6 Å². The first-order valence-electron chi connectivity index (χ1n) is 9.44. The summed E-state index contributed by atoms with van der Waals surface area (Å²) in [6.07, 6.45) is 3.93. The molecule has 0 aliphatic carbocycles. The molecule has 28 heavy (non-hydrogen) atoms. The summed E-state index contributed by atoms with van der Waals surface area (Å²) in [6.45, 7) is 4.07. The van der Waals surface area contributed by atoms with Crippen LogP contribution in [0, 0.1) is 11.6 Å². The topological polar surface area (TPSA) is 64.6 Å². The predicted molar refractivity (Wildman–Crippen MR) is 103 cm³/mol. The van der Waals surface area contributed by atoms with Gasteiger partial charge in [-0.25, -0.2) is 23.5 Å². The molecule has 2 aromatic rings. The molecule has 0 atom stereocenters. The third-order valence-corrected chi connectivity index (χ3v) is 5.15. The van der Waals surface area contributed by atoms with Gasteiger partial charge in [0.2, 0.25) is 0 Å². The molecule has 0 saturated carbocycles. The van der Waals surface area contributed by atoms with Crippen LogP contribution >= 0.6 is 0 Å². The van der Waals surface area contributed by atoms with Crippen molar-refractivity contribution in [3.05, 3.63) is 42.2 Å². The van der Waals surface area contributed by atoms with Gasteiger partial charge in [-0.3, -0.25) is 0 Å². The number of halogens is 2. The van der Waals surface area contributed by atoms with Gasteiger partial charge in [0, 0.05) is 45.3 Å². The number of carbonyl (C=O) groups is 1. The van der Waals surface area contributed by atoms with Crippen molar-refractivity contribution >= 4 is 23.4 Å². The zero-order chi connectivity index (χ0) is 19.5. The highest BCUT2D eigenvalue weighted by Gasteiger charge is 2.24. The van der Waals surface area contributed by atoms with Crippen molar-refractivity contribution in [2.75, 3.05) is 54.4 Å². The lowest BCUT2D eigenvalue weighted by Crippen LogP contribution is -2.50. The summed E-state index contributed by atoms with van der Waals surface area (Å²) in [5, 5.41) is 2.34. The van der Waals surface area contributed by atoms with Crippen molar-refractivity contribution in [3.8, 4) is 0 Å². The molecule has 2 fully saturated rings. The van der Waals surface area contributed by atoms with E-state index in [2.05, 4.69) is 25.1 Å². The largest absolute Gasteiger partial charge is 0.356 e. The first-order valence-corrected chi connectivity index (χ1v) is 9.44. The van der Waals surface area contributed by atoms with Gasteiger partial charge in [0.15, 0.2) is 0 Å². The smallest absolute Gasteiger partial charge is 0.322 e. The average molecular weight is 388 g/mol. The van der Waals surface area contributed by atoms with E-state index in [0.29, 0.717) is 26.2 Å². The van der Waals surface area contributed by atoms with E-state index in [0.717, 1.165) is 36.9 Å². The molecule has 2 aliphatic rings. The average Bonchev–Trinajstić information content (AvgIpc) is 3.26. The number of hydrogen-bond donors (Lipinski definition) is 1. The SMILES string of the molecule is O=C(Nc1c(F)cccc1F)N1CCN(c2cc(N3CCCC3)ncn2)CC1. The number of amides is 2. The van der Waals surface area contributed by atoms with Gasteiger partial charge < -0.3 is 20.0 Å². The van der Waals surface area contributed by atoms with Crippen LogP contribution in [0.25, 0.3) is 0 Å². The molecular weight excluding hydrogens is 366 g/mol. The molecule has 0 spiro atoms. The van der Waals surface area contributed by atoms with Crippen LogP contribution in [0.15, 0.2) is 30.6 Å². The number of aromatic nitrogens is 2. The normalized spacial score (nSPS) is 17.1. The summed E-state index contributed by atoms with van der Waals surface area (Å²) >= 11 is 0. The monoisotopic (exact) mass is 388 g/mol. The zero-order valence-electron chi connectivity index (χ0n) is 15.4. The first-order chi connectivity index (χ1) is 13.6. The highest BCUT2D eigenvalue weighted by Crippen LogP contribution is 2.23. The maximum Gasteiger partial charge on any atom is 0.322 e. The fourth-order valence-corrected chi connectivity index (χ4v) is 3.57. The number of para-hydroxylation sites is 1. The lowest BCUT2D eigenvalue weighted by Gasteiger charge is -2.35. The molecule has 148 valence electrons. The molecule has 1 N–H and O–H groups in total. The summed E-state index contributed by atoms with van der Waals surface area (Å²) in [4.78, 5) is 27.0. The Bertz CT molecular complexity index is 830. The zero-order valence-corrected chi connectivity index (χ0v) is 15.4. The number of benzene rings is 1. The second kappa shape index (κ2) is 7.95. The lowest BCUT2D eigenvalue weighted by atomic mass is 10.3. The molecule has 2 aliphatic heterocycles. The Balaban J connectivity index is 1.37. The third-order valence-electron chi connectivity index (χ3n) is 5.15. The van der Waals surface area contributed by atoms with Gasteiger partial charge in [-0.05, 0) is 25.0 Å². The molecule has 9 heteroatoms. The second-order valence-electron chi connectivity index (χ2n) is 6.93. The minimum absolute atomic E-state index is 0.416. The van der Waals surface area contributed by atoms with Gasteiger partial charge in [-0.2, -0.15) is 0 Å². The van der Waals surface area contributed by atoms with E-state index >= 15 is 0 Å². The fraction of sp³-hybridized carbons (Fsp3) is 0.421. The molecule has 0 unspecified atom stereocenters. The number of carbonyl (C=O) groups excluding carboxylic acids is 1. The highest BCUT2D eigenvalue weighted by atomic mass is 19.1. The van der Waals surface area contributed by atoms with Crippen molar-refractivity contribution in [2.24, 2.45) is 0 Å². The number of urea groups is 1. The molecular formula is C19H22F2N6O. The van der Waals surface area contributed by atoms with Crippen LogP contribution in [-0.4, -0.2) is 60.2 Å². The number of piperazine rings is 1. The van der Waals surface area contributed by atoms with Crippen molar-refractivity contribution in [3.63, 3.8) is 0 Å². The van der Waals surface area contributed by atoms with Crippen molar-refractivity contribution in [2.45, 2.75) is 12.8 Å². The minimum atomic E-state index is -0.789. The summed E-state index contributed by atoms with van der Waals surface area (Å²) in [5.41, 5.74) is -0.416. The fourth-order valence-electron chi connectivity index (χ4n) is 3.57. The summed E-state index contributed by atoms with van der Waals surface area (Å²) in [6, 6.07) is 4.96. The summed E-state index contributed by atoms with van der Waals surface area (Å²) in [7, 11) is 0. The predicted octanol–water partition coefficient (Wildman–Crippen LogP) is 2.71. The van der Waals surface area contributed by atoms with Gasteiger partial charge in [0.25, 0.3) is 0 Å². The number of rotatable bonds is 3. The van der Waals surface area contributed by atoms with Gasteiger partial charge in [-0.15, -0.1) is 0 Å².